The fourth-order valence-corrected chi connectivity index (χ4v) is 2.77. The smallest absolute Gasteiger partial charge is 0.223 e. The predicted molar refractivity (Wildman–Crippen MR) is 80.5 cm³/mol. The van der Waals surface area contributed by atoms with Crippen molar-refractivity contribution < 1.29 is 4.79 Å². The molecule has 0 radical (unpaired) electrons. The molecule has 0 saturated carbocycles. The summed E-state index contributed by atoms with van der Waals surface area (Å²) in [4.78, 5) is 22.6. The topological polar surface area (TPSA) is 46.1 Å². The molecule has 2 heterocycles. The predicted octanol–water partition coefficient (Wildman–Crippen LogP) is 2.38. The molecule has 1 amide bonds. The Morgan fingerprint density at radius 1 is 1.19 bits per heavy atom. The number of aromatic nitrogens is 2. The Kier molecular flexibility index (Phi) is 4.24. The summed E-state index contributed by atoms with van der Waals surface area (Å²) >= 11 is 0. The summed E-state index contributed by atoms with van der Waals surface area (Å²) in [5.74, 6) is 0.206. The third kappa shape index (κ3) is 3.45. The standard InChI is InChI=1S/C17H19N3O/c21-17(8-7-16-12-18-9-10-19-16)20-11-3-6-14-4-1-2-5-15(14)13-20/h1-2,4-5,9-10,12H,3,6-8,11,13H2. The molecule has 0 saturated heterocycles. The first-order valence-corrected chi connectivity index (χ1v) is 7.42. The molecule has 3 rings (SSSR count). The highest BCUT2D eigenvalue weighted by Gasteiger charge is 2.18. The number of rotatable bonds is 3. The van der Waals surface area contributed by atoms with Crippen LogP contribution in [0.5, 0.6) is 0 Å². The van der Waals surface area contributed by atoms with Crippen molar-refractivity contribution in [2.75, 3.05) is 6.54 Å². The minimum Gasteiger partial charge on any atom is -0.338 e. The largest absolute Gasteiger partial charge is 0.338 e. The number of hydrogen-bond donors (Lipinski definition) is 0. The SMILES string of the molecule is O=C(CCc1cnccn1)N1CCCc2ccccc2C1. The molecule has 1 aliphatic rings. The van der Waals surface area contributed by atoms with Crippen LogP contribution in [-0.4, -0.2) is 27.3 Å². The number of carbonyl (C=O) groups excluding carboxylic acids is 1. The molecule has 0 spiro atoms. The van der Waals surface area contributed by atoms with E-state index in [9.17, 15) is 4.79 Å². The van der Waals surface area contributed by atoms with Gasteiger partial charge in [-0.15, -0.1) is 0 Å². The highest BCUT2D eigenvalue weighted by Crippen LogP contribution is 2.19. The van der Waals surface area contributed by atoms with E-state index in [4.69, 9.17) is 0 Å². The van der Waals surface area contributed by atoms with Gasteiger partial charge >= 0.3 is 0 Å². The van der Waals surface area contributed by atoms with Crippen molar-refractivity contribution in [3.63, 3.8) is 0 Å². The van der Waals surface area contributed by atoms with Gasteiger partial charge in [-0.2, -0.15) is 0 Å². The van der Waals surface area contributed by atoms with E-state index in [0.29, 0.717) is 12.8 Å². The van der Waals surface area contributed by atoms with Gasteiger partial charge in [-0.05, 0) is 30.4 Å². The minimum atomic E-state index is 0.206. The van der Waals surface area contributed by atoms with E-state index in [0.717, 1.165) is 31.6 Å². The van der Waals surface area contributed by atoms with Crippen LogP contribution in [0.15, 0.2) is 42.9 Å². The van der Waals surface area contributed by atoms with Gasteiger partial charge < -0.3 is 4.90 Å². The fraction of sp³-hybridized carbons (Fsp3) is 0.353. The number of nitrogens with zero attached hydrogens (tertiary/aromatic N) is 3. The Hall–Kier alpha value is -2.23. The summed E-state index contributed by atoms with van der Waals surface area (Å²) in [6, 6.07) is 8.42. The quantitative estimate of drug-likeness (QED) is 0.867. The third-order valence-electron chi connectivity index (χ3n) is 3.92. The summed E-state index contributed by atoms with van der Waals surface area (Å²) in [5.41, 5.74) is 3.53. The zero-order valence-electron chi connectivity index (χ0n) is 12.0. The molecule has 0 unspecified atom stereocenters. The average molecular weight is 281 g/mol. The summed E-state index contributed by atoms with van der Waals surface area (Å²) in [7, 11) is 0. The molecule has 1 aromatic carbocycles. The van der Waals surface area contributed by atoms with Crippen molar-refractivity contribution in [1.29, 1.82) is 0 Å². The van der Waals surface area contributed by atoms with Crippen LogP contribution in [-0.2, 0) is 24.2 Å². The molecule has 21 heavy (non-hydrogen) atoms. The summed E-state index contributed by atoms with van der Waals surface area (Å²) in [6.07, 6.45) is 8.30. The first-order chi connectivity index (χ1) is 10.3. The highest BCUT2D eigenvalue weighted by molar-refractivity contribution is 5.76. The van der Waals surface area contributed by atoms with E-state index in [1.807, 2.05) is 11.0 Å². The lowest BCUT2D eigenvalue weighted by molar-refractivity contribution is -0.131. The number of aryl methyl sites for hydroxylation is 2. The van der Waals surface area contributed by atoms with E-state index in [-0.39, 0.29) is 5.91 Å². The van der Waals surface area contributed by atoms with Crippen LogP contribution in [0.3, 0.4) is 0 Å². The van der Waals surface area contributed by atoms with Gasteiger partial charge in [0.15, 0.2) is 0 Å². The second kappa shape index (κ2) is 6.48. The van der Waals surface area contributed by atoms with Crippen molar-refractivity contribution in [3.8, 4) is 0 Å². The lowest BCUT2D eigenvalue weighted by Gasteiger charge is -2.20. The van der Waals surface area contributed by atoms with E-state index in [2.05, 4.69) is 28.2 Å². The minimum absolute atomic E-state index is 0.206. The van der Waals surface area contributed by atoms with Gasteiger partial charge in [0.05, 0.1) is 5.69 Å². The number of carbonyl (C=O) groups is 1. The van der Waals surface area contributed by atoms with Crippen molar-refractivity contribution in [2.45, 2.75) is 32.2 Å². The Morgan fingerprint density at radius 2 is 2.05 bits per heavy atom. The Labute approximate surface area is 124 Å². The molecule has 108 valence electrons. The van der Waals surface area contributed by atoms with Crippen LogP contribution in [0.4, 0.5) is 0 Å². The van der Waals surface area contributed by atoms with Crippen LogP contribution in [0, 0.1) is 0 Å². The average Bonchev–Trinajstić information content (AvgIpc) is 2.76. The lowest BCUT2D eigenvalue weighted by atomic mass is 10.0. The van der Waals surface area contributed by atoms with Crippen LogP contribution >= 0.6 is 0 Å². The third-order valence-corrected chi connectivity index (χ3v) is 3.92. The zero-order valence-corrected chi connectivity index (χ0v) is 12.0. The van der Waals surface area contributed by atoms with Crippen LogP contribution in [0.25, 0.3) is 0 Å². The van der Waals surface area contributed by atoms with Gasteiger partial charge in [-0.3, -0.25) is 14.8 Å². The fourth-order valence-electron chi connectivity index (χ4n) is 2.77. The van der Waals surface area contributed by atoms with Crippen LogP contribution in [0.1, 0.15) is 29.7 Å². The van der Waals surface area contributed by atoms with Crippen molar-refractivity contribution in [3.05, 3.63) is 59.7 Å². The van der Waals surface area contributed by atoms with Gasteiger partial charge in [0, 0.05) is 38.1 Å². The molecule has 0 N–H and O–H groups in total. The number of benzene rings is 1. The molecular formula is C17H19N3O. The molecule has 1 aromatic heterocycles. The first kappa shape index (κ1) is 13.7. The molecule has 4 heteroatoms. The molecule has 0 atom stereocenters. The normalized spacial score (nSPS) is 14.4. The van der Waals surface area contributed by atoms with Gasteiger partial charge in [-0.25, -0.2) is 0 Å². The maximum atomic E-state index is 12.4. The summed E-state index contributed by atoms with van der Waals surface area (Å²) in [6.45, 7) is 1.57. The highest BCUT2D eigenvalue weighted by atomic mass is 16.2. The monoisotopic (exact) mass is 281 g/mol. The Morgan fingerprint density at radius 3 is 2.86 bits per heavy atom. The second-order valence-corrected chi connectivity index (χ2v) is 5.38. The first-order valence-electron chi connectivity index (χ1n) is 7.42. The van der Waals surface area contributed by atoms with E-state index in [1.165, 1.54) is 11.1 Å². The second-order valence-electron chi connectivity index (χ2n) is 5.38. The maximum absolute atomic E-state index is 12.4. The van der Waals surface area contributed by atoms with Gasteiger partial charge in [-0.1, -0.05) is 24.3 Å². The van der Waals surface area contributed by atoms with Gasteiger partial charge in [0.25, 0.3) is 0 Å². The Bertz CT molecular complexity index is 612. The number of amides is 1. The molecule has 0 fully saturated rings. The van der Waals surface area contributed by atoms with Crippen molar-refractivity contribution >= 4 is 5.91 Å². The number of hydrogen-bond acceptors (Lipinski definition) is 3. The van der Waals surface area contributed by atoms with E-state index in [1.54, 1.807) is 18.6 Å². The summed E-state index contributed by atoms with van der Waals surface area (Å²) < 4.78 is 0. The molecule has 0 aliphatic carbocycles. The van der Waals surface area contributed by atoms with E-state index >= 15 is 0 Å². The zero-order chi connectivity index (χ0) is 14.5. The lowest BCUT2D eigenvalue weighted by Crippen LogP contribution is -2.30. The molecule has 2 aromatic rings. The van der Waals surface area contributed by atoms with Gasteiger partial charge in [0.2, 0.25) is 5.91 Å². The maximum Gasteiger partial charge on any atom is 0.223 e. The molecule has 4 nitrogen and oxygen atoms in total. The summed E-state index contributed by atoms with van der Waals surface area (Å²) in [5, 5.41) is 0. The molecule has 1 aliphatic heterocycles. The van der Waals surface area contributed by atoms with Crippen LogP contribution < -0.4 is 0 Å². The van der Waals surface area contributed by atoms with Crippen molar-refractivity contribution in [1.82, 2.24) is 14.9 Å². The van der Waals surface area contributed by atoms with Crippen LogP contribution in [0.2, 0.25) is 0 Å². The van der Waals surface area contributed by atoms with Crippen molar-refractivity contribution in [2.24, 2.45) is 0 Å². The molecular weight excluding hydrogens is 262 g/mol. The number of fused-ring (bicyclic) bond motifs is 1. The van der Waals surface area contributed by atoms with Gasteiger partial charge in [0.1, 0.15) is 0 Å². The molecule has 0 bridgehead atoms. The Balaban J connectivity index is 1.63. The van der Waals surface area contributed by atoms with E-state index < -0.39 is 0 Å².